The Bertz CT molecular complexity index is 945. The van der Waals surface area contributed by atoms with Gasteiger partial charge < -0.3 is 4.52 Å². The highest BCUT2D eigenvalue weighted by molar-refractivity contribution is 7.98. The third-order valence-corrected chi connectivity index (χ3v) is 5.21. The van der Waals surface area contributed by atoms with Crippen LogP contribution in [-0.2, 0) is 0 Å². The van der Waals surface area contributed by atoms with Crippen molar-refractivity contribution in [3.63, 3.8) is 0 Å². The van der Waals surface area contributed by atoms with E-state index in [9.17, 15) is 4.79 Å². The minimum absolute atomic E-state index is 0.0981. The van der Waals surface area contributed by atoms with E-state index in [1.807, 2.05) is 17.7 Å². The largest absolute Gasteiger partial charge is 0.342 e. The van der Waals surface area contributed by atoms with E-state index in [1.54, 1.807) is 6.20 Å². The van der Waals surface area contributed by atoms with Crippen molar-refractivity contribution in [1.82, 2.24) is 24.7 Å². The predicted octanol–water partition coefficient (Wildman–Crippen LogP) is 2.99. The van der Waals surface area contributed by atoms with Crippen LogP contribution in [0.1, 0.15) is 37.3 Å². The number of pyridine rings is 1. The Hall–Kier alpha value is -2.22. The molecule has 0 amide bonds. The summed E-state index contributed by atoms with van der Waals surface area (Å²) in [5, 5.41) is 5.40. The van der Waals surface area contributed by atoms with Crippen LogP contribution in [-0.4, -0.2) is 30.9 Å². The molecule has 0 bridgehead atoms. The molecule has 7 nitrogen and oxygen atoms in total. The second-order valence-corrected chi connectivity index (χ2v) is 6.74. The van der Waals surface area contributed by atoms with Gasteiger partial charge >= 0.3 is 0 Å². The molecular weight excluding hydrogens is 326 g/mol. The molecule has 4 rings (SSSR count). The van der Waals surface area contributed by atoms with Crippen molar-refractivity contribution in [2.45, 2.75) is 43.8 Å². The zero-order valence-electron chi connectivity index (χ0n) is 13.5. The van der Waals surface area contributed by atoms with Crippen molar-refractivity contribution in [3.05, 3.63) is 28.5 Å². The number of rotatable bonds is 3. The van der Waals surface area contributed by atoms with E-state index < -0.39 is 0 Å². The lowest BCUT2D eigenvalue weighted by molar-refractivity contribution is 0.418. The van der Waals surface area contributed by atoms with Crippen molar-refractivity contribution in [1.29, 1.82) is 0 Å². The van der Waals surface area contributed by atoms with Gasteiger partial charge in [0.2, 0.25) is 12.2 Å². The summed E-state index contributed by atoms with van der Waals surface area (Å²) in [7, 11) is 0. The lowest BCUT2D eigenvalue weighted by atomic mass is 10.1. The van der Waals surface area contributed by atoms with Crippen LogP contribution in [0.5, 0.6) is 0 Å². The second-order valence-electron chi connectivity index (χ2n) is 5.96. The van der Waals surface area contributed by atoms with Crippen LogP contribution < -0.4 is 5.56 Å². The van der Waals surface area contributed by atoms with Crippen molar-refractivity contribution in [2.75, 3.05) is 6.26 Å². The summed E-state index contributed by atoms with van der Waals surface area (Å²) < 4.78 is 6.67. The molecule has 24 heavy (non-hydrogen) atoms. The summed E-state index contributed by atoms with van der Waals surface area (Å²) in [5.41, 5.74) is 1.87. The average molecular weight is 343 g/mol. The molecule has 0 radical (unpaired) electrons. The molecule has 1 aliphatic carbocycles. The van der Waals surface area contributed by atoms with Gasteiger partial charge in [0.15, 0.2) is 5.16 Å². The summed E-state index contributed by atoms with van der Waals surface area (Å²) in [6.45, 7) is 1.89. The van der Waals surface area contributed by atoms with Gasteiger partial charge in [0.05, 0.1) is 5.56 Å². The molecule has 124 valence electrons. The number of hydrogen-bond donors (Lipinski definition) is 0. The number of nitrogens with zero attached hydrogens (tertiary/aromatic N) is 5. The van der Waals surface area contributed by atoms with Gasteiger partial charge in [0.25, 0.3) is 5.56 Å². The minimum atomic E-state index is -0.0981. The number of aromatic nitrogens is 5. The molecule has 0 aliphatic heterocycles. The topological polar surface area (TPSA) is 86.7 Å². The molecule has 0 saturated heterocycles. The zero-order chi connectivity index (χ0) is 16.7. The van der Waals surface area contributed by atoms with Crippen LogP contribution in [0.3, 0.4) is 0 Å². The summed E-state index contributed by atoms with van der Waals surface area (Å²) >= 11 is 1.47. The smallest absolute Gasteiger partial charge is 0.263 e. The first-order valence-electron chi connectivity index (χ1n) is 7.93. The van der Waals surface area contributed by atoms with Gasteiger partial charge in [0, 0.05) is 17.6 Å². The Kier molecular flexibility index (Phi) is 3.84. The Morgan fingerprint density at radius 2 is 2.08 bits per heavy atom. The number of aryl methyl sites for hydroxylation is 1. The average Bonchev–Trinajstić information content (AvgIpc) is 3.28. The van der Waals surface area contributed by atoms with Crippen molar-refractivity contribution >= 4 is 22.8 Å². The summed E-state index contributed by atoms with van der Waals surface area (Å²) in [5.74, 6) is 0.320. The Balaban J connectivity index is 2.10. The summed E-state index contributed by atoms with van der Waals surface area (Å²) in [6.07, 6.45) is 9.20. The molecule has 1 aliphatic rings. The molecule has 0 N–H and O–H groups in total. The summed E-state index contributed by atoms with van der Waals surface area (Å²) in [6, 6.07) is 0.163. The molecule has 3 aromatic rings. The van der Waals surface area contributed by atoms with Gasteiger partial charge in [-0.1, -0.05) is 29.8 Å². The van der Waals surface area contributed by atoms with Crippen LogP contribution in [0.15, 0.2) is 27.1 Å². The fraction of sp³-hybridized carbons (Fsp3) is 0.438. The van der Waals surface area contributed by atoms with E-state index in [4.69, 9.17) is 4.52 Å². The first-order chi connectivity index (χ1) is 11.7. The molecule has 3 heterocycles. The second kappa shape index (κ2) is 6.01. The first-order valence-corrected chi connectivity index (χ1v) is 9.15. The number of hydrogen-bond acceptors (Lipinski definition) is 7. The summed E-state index contributed by atoms with van der Waals surface area (Å²) in [4.78, 5) is 26.4. The van der Waals surface area contributed by atoms with Crippen molar-refractivity contribution < 1.29 is 4.52 Å². The maximum Gasteiger partial charge on any atom is 0.263 e. The molecule has 1 saturated carbocycles. The SMILES string of the molecule is CSc1ncc2c(C)c(-c3ncon3)c(=O)n(C3CCCC3)c2n1. The van der Waals surface area contributed by atoms with Gasteiger partial charge in [-0.05, 0) is 31.6 Å². The Labute approximate surface area is 142 Å². The highest BCUT2D eigenvalue weighted by Gasteiger charge is 2.26. The fourth-order valence-electron chi connectivity index (χ4n) is 3.46. The van der Waals surface area contributed by atoms with Crippen molar-refractivity contribution in [2.24, 2.45) is 0 Å². The highest BCUT2D eigenvalue weighted by atomic mass is 32.2. The third-order valence-electron chi connectivity index (χ3n) is 4.64. The monoisotopic (exact) mass is 343 g/mol. The molecule has 0 spiro atoms. The van der Waals surface area contributed by atoms with Gasteiger partial charge in [-0.2, -0.15) is 4.98 Å². The van der Waals surface area contributed by atoms with Gasteiger partial charge in [0.1, 0.15) is 5.65 Å². The molecular formula is C16H17N5O2S. The Morgan fingerprint density at radius 3 is 2.75 bits per heavy atom. The molecule has 8 heteroatoms. The van der Waals surface area contributed by atoms with E-state index in [-0.39, 0.29) is 11.6 Å². The van der Waals surface area contributed by atoms with Crippen LogP contribution >= 0.6 is 11.8 Å². The van der Waals surface area contributed by atoms with Crippen molar-refractivity contribution in [3.8, 4) is 11.4 Å². The number of fused-ring (bicyclic) bond motifs is 1. The standard InChI is InChI=1S/C16H17N5O2S/c1-9-11-7-17-16(24-2)19-14(11)21(10-5-3-4-6-10)15(22)12(9)13-18-8-23-20-13/h7-8,10H,3-6H2,1-2H3. The quantitative estimate of drug-likeness (QED) is 0.533. The third kappa shape index (κ3) is 2.32. The maximum absolute atomic E-state index is 13.3. The first kappa shape index (κ1) is 15.3. The van der Waals surface area contributed by atoms with Gasteiger partial charge in [-0.3, -0.25) is 9.36 Å². The van der Waals surface area contributed by atoms with E-state index in [0.29, 0.717) is 22.2 Å². The molecule has 0 aromatic carbocycles. The van der Waals surface area contributed by atoms with Crippen LogP contribution in [0.2, 0.25) is 0 Å². The predicted molar refractivity (Wildman–Crippen MR) is 91.1 cm³/mol. The fourth-order valence-corrected chi connectivity index (χ4v) is 3.80. The Morgan fingerprint density at radius 1 is 1.29 bits per heavy atom. The van der Waals surface area contributed by atoms with Gasteiger partial charge in [-0.25, -0.2) is 9.97 Å². The van der Waals surface area contributed by atoms with E-state index >= 15 is 0 Å². The molecule has 3 aromatic heterocycles. The maximum atomic E-state index is 13.3. The lowest BCUT2D eigenvalue weighted by Crippen LogP contribution is -2.27. The highest BCUT2D eigenvalue weighted by Crippen LogP contribution is 2.33. The van der Waals surface area contributed by atoms with Crippen LogP contribution in [0, 0.1) is 6.92 Å². The normalized spacial score (nSPS) is 15.4. The zero-order valence-corrected chi connectivity index (χ0v) is 14.3. The number of thioether (sulfide) groups is 1. The minimum Gasteiger partial charge on any atom is -0.342 e. The van der Waals surface area contributed by atoms with Crippen LogP contribution in [0.25, 0.3) is 22.4 Å². The van der Waals surface area contributed by atoms with E-state index in [2.05, 4.69) is 20.1 Å². The molecule has 1 fully saturated rings. The van der Waals surface area contributed by atoms with Crippen LogP contribution in [0.4, 0.5) is 0 Å². The molecule has 0 unspecified atom stereocenters. The lowest BCUT2D eigenvalue weighted by Gasteiger charge is -2.19. The van der Waals surface area contributed by atoms with E-state index in [1.165, 1.54) is 18.2 Å². The van der Waals surface area contributed by atoms with E-state index in [0.717, 1.165) is 36.6 Å². The van der Waals surface area contributed by atoms with Gasteiger partial charge in [-0.15, -0.1) is 0 Å². The molecule has 0 atom stereocenters.